The summed E-state index contributed by atoms with van der Waals surface area (Å²) in [5, 5.41) is 18.7. The van der Waals surface area contributed by atoms with Crippen molar-refractivity contribution in [2.24, 2.45) is 0 Å². The van der Waals surface area contributed by atoms with Gasteiger partial charge in [-0.1, -0.05) is 0 Å². The number of hydrogen-bond acceptors (Lipinski definition) is 3. The van der Waals surface area contributed by atoms with Gasteiger partial charge in [-0.2, -0.15) is 0 Å². The third-order valence-electron chi connectivity index (χ3n) is 3.21. The van der Waals surface area contributed by atoms with Crippen LogP contribution in [-0.4, -0.2) is 45.3 Å². The summed E-state index contributed by atoms with van der Waals surface area (Å²) in [6.07, 6.45) is 2.87. The molecule has 2 unspecified atom stereocenters. The van der Waals surface area contributed by atoms with Crippen molar-refractivity contribution in [2.45, 2.75) is 50.3 Å². The molecule has 0 amide bonds. The van der Waals surface area contributed by atoms with Gasteiger partial charge in [-0.25, -0.2) is 0 Å². The SMILES string of the molecule is CC1CC(O)(CC(=O)O)CN1C1CC1. The fourth-order valence-electron chi connectivity index (χ4n) is 2.53. The predicted molar refractivity (Wildman–Crippen MR) is 51.0 cm³/mol. The van der Waals surface area contributed by atoms with Gasteiger partial charge in [0.15, 0.2) is 0 Å². The zero-order valence-corrected chi connectivity index (χ0v) is 8.44. The van der Waals surface area contributed by atoms with Gasteiger partial charge in [0.05, 0.1) is 12.0 Å². The van der Waals surface area contributed by atoms with E-state index in [1.54, 1.807) is 0 Å². The second-order valence-electron chi connectivity index (χ2n) is 4.75. The van der Waals surface area contributed by atoms with Crippen LogP contribution in [0, 0.1) is 0 Å². The Labute approximate surface area is 83.5 Å². The van der Waals surface area contributed by atoms with Gasteiger partial charge in [0.1, 0.15) is 0 Å². The molecule has 14 heavy (non-hydrogen) atoms. The molecular weight excluding hydrogens is 182 g/mol. The number of likely N-dealkylation sites (tertiary alicyclic amines) is 1. The maximum atomic E-state index is 10.6. The molecule has 1 aliphatic carbocycles. The molecule has 80 valence electrons. The third kappa shape index (κ3) is 1.91. The largest absolute Gasteiger partial charge is 0.481 e. The topological polar surface area (TPSA) is 60.8 Å². The van der Waals surface area contributed by atoms with E-state index >= 15 is 0 Å². The van der Waals surface area contributed by atoms with E-state index in [2.05, 4.69) is 11.8 Å². The molecular formula is C10H17NO3. The molecule has 1 saturated heterocycles. The summed E-state index contributed by atoms with van der Waals surface area (Å²) < 4.78 is 0. The molecule has 0 spiro atoms. The lowest BCUT2D eigenvalue weighted by Gasteiger charge is -2.21. The van der Waals surface area contributed by atoms with Crippen LogP contribution in [0.1, 0.15) is 32.6 Å². The van der Waals surface area contributed by atoms with Gasteiger partial charge in [-0.15, -0.1) is 0 Å². The normalized spacial score (nSPS) is 38.9. The highest BCUT2D eigenvalue weighted by molar-refractivity contribution is 5.68. The maximum Gasteiger partial charge on any atom is 0.306 e. The van der Waals surface area contributed by atoms with E-state index in [0.717, 1.165) is 0 Å². The van der Waals surface area contributed by atoms with Crippen molar-refractivity contribution in [3.05, 3.63) is 0 Å². The Bertz CT molecular complexity index is 252. The Morgan fingerprint density at radius 3 is 2.71 bits per heavy atom. The zero-order valence-electron chi connectivity index (χ0n) is 8.44. The van der Waals surface area contributed by atoms with Crippen LogP contribution < -0.4 is 0 Å². The molecule has 2 rings (SSSR count). The number of carboxylic acids is 1. The van der Waals surface area contributed by atoms with Crippen LogP contribution in [0.25, 0.3) is 0 Å². The molecule has 4 nitrogen and oxygen atoms in total. The van der Waals surface area contributed by atoms with Crippen molar-refractivity contribution in [2.75, 3.05) is 6.54 Å². The van der Waals surface area contributed by atoms with E-state index in [1.165, 1.54) is 12.8 Å². The lowest BCUT2D eigenvalue weighted by atomic mass is 9.97. The highest BCUT2D eigenvalue weighted by Crippen LogP contribution is 2.38. The van der Waals surface area contributed by atoms with Gasteiger partial charge < -0.3 is 10.2 Å². The Balaban J connectivity index is 1.99. The number of carboxylic acid groups (broad SMARTS) is 1. The molecule has 0 aromatic carbocycles. The quantitative estimate of drug-likeness (QED) is 0.692. The third-order valence-corrected chi connectivity index (χ3v) is 3.21. The number of aliphatic hydroxyl groups is 1. The molecule has 0 aromatic heterocycles. The minimum absolute atomic E-state index is 0.124. The summed E-state index contributed by atoms with van der Waals surface area (Å²) in [6.45, 7) is 2.60. The molecule has 2 atom stereocenters. The molecule has 1 heterocycles. The maximum absolute atomic E-state index is 10.6. The van der Waals surface area contributed by atoms with E-state index in [9.17, 15) is 9.90 Å². The number of aliphatic carboxylic acids is 1. The van der Waals surface area contributed by atoms with Crippen molar-refractivity contribution in [1.82, 2.24) is 4.90 Å². The number of nitrogens with zero attached hydrogens (tertiary/aromatic N) is 1. The average molecular weight is 199 g/mol. The Morgan fingerprint density at radius 1 is 1.57 bits per heavy atom. The van der Waals surface area contributed by atoms with E-state index in [4.69, 9.17) is 5.11 Å². The predicted octanol–water partition coefficient (Wildman–Crippen LogP) is 0.449. The lowest BCUT2D eigenvalue weighted by Crippen LogP contribution is -2.36. The van der Waals surface area contributed by atoms with Crippen LogP contribution in [0.2, 0.25) is 0 Å². The minimum Gasteiger partial charge on any atom is -0.481 e. The molecule has 4 heteroatoms. The summed E-state index contributed by atoms with van der Waals surface area (Å²) in [6, 6.07) is 0.930. The monoisotopic (exact) mass is 199 g/mol. The summed E-state index contributed by atoms with van der Waals surface area (Å²) >= 11 is 0. The van der Waals surface area contributed by atoms with E-state index in [-0.39, 0.29) is 6.42 Å². The number of β-amino-alcohol motifs (C(OH)–C–C–N with tert-alkyl or cyclic N) is 1. The van der Waals surface area contributed by atoms with Gasteiger partial charge >= 0.3 is 5.97 Å². The van der Waals surface area contributed by atoms with E-state index in [1.807, 2.05) is 0 Å². The highest BCUT2D eigenvalue weighted by atomic mass is 16.4. The standard InChI is InChI=1S/C10H17NO3/c1-7-4-10(14,5-9(12)13)6-11(7)8-2-3-8/h7-8,14H,2-6H2,1H3,(H,12,13). The fourth-order valence-corrected chi connectivity index (χ4v) is 2.53. The first kappa shape index (κ1) is 9.93. The van der Waals surface area contributed by atoms with Crippen LogP contribution in [0.4, 0.5) is 0 Å². The van der Waals surface area contributed by atoms with Crippen LogP contribution in [0.15, 0.2) is 0 Å². The molecule has 1 saturated carbocycles. The second kappa shape index (κ2) is 3.21. The molecule has 1 aliphatic heterocycles. The van der Waals surface area contributed by atoms with Crippen LogP contribution in [-0.2, 0) is 4.79 Å². The first-order valence-corrected chi connectivity index (χ1v) is 5.20. The Morgan fingerprint density at radius 2 is 2.21 bits per heavy atom. The second-order valence-corrected chi connectivity index (χ2v) is 4.75. The molecule has 0 aromatic rings. The van der Waals surface area contributed by atoms with E-state index in [0.29, 0.717) is 25.0 Å². The average Bonchev–Trinajstić information content (AvgIpc) is 2.77. The van der Waals surface area contributed by atoms with Crippen LogP contribution >= 0.6 is 0 Å². The summed E-state index contributed by atoms with van der Waals surface area (Å²) in [4.78, 5) is 12.8. The molecule has 2 N–H and O–H groups in total. The van der Waals surface area contributed by atoms with Crippen LogP contribution in [0.3, 0.4) is 0 Å². The van der Waals surface area contributed by atoms with Crippen molar-refractivity contribution < 1.29 is 15.0 Å². The van der Waals surface area contributed by atoms with Crippen molar-refractivity contribution in [3.63, 3.8) is 0 Å². The van der Waals surface area contributed by atoms with Crippen molar-refractivity contribution >= 4 is 5.97 Å². The first-order valence-electron chi connectivity index (χ1n) is 5.20. The summed E-state index contributed by atoms with van der Waals surface area (Å²) in [7, 11) is 0. The Kier molecular flexibility index (Phi) is 2.27. The molecule has 0 bridgehead atoms. The fraction of sp³-hybridized carbons (Fsp3) is 0.900. The summed E-state index contributed by atoms with van der Waals surface area (Å²) in [5.41, 5.74) is -0.992. The number of hydrogen-bond donors (Lipinski definition) is 2. The number of rotatable bonds is 3. The smallest absolute Gasteiger partial charge is 0.306 e. The zero-order chi connectivity index (χ0) is 10.3. The molecule has 2 aliphatic rings. The van der Waals surface area contributed by atoms with Gasteiger partial charge in [-0.3, -0.25) is 9.69 Å². The van der Waals surface area contributed by atoms with Crippen molar-refractivity contribution in [3.8, 4) is 0 Å². The van der Waals surface area contributed by atoms with Gasteiger partial charge in [0, 0.05) is 18.6 Å². The molecule has 0 radical (unpaired) electrons. The molecule has 2 fully saturated rings. The van der Waals surface area contributed by atoms with Crippen LogP contribution in [0.5, 0.6) is 0 Å². The number of carbonyl (C=O) groups is 1. The van der Waals surface area contributed by atoms with Crippen molar-refractivity contribution in [1.29, 1.82) is 0 Å². The van der Waals surface area contributed by atoms with Gasteiger partial charge in [0.25, 0.3) is 0 Å². The highest BCUT2D eigenvalue weighted by Gasteiger charge is 2.46. The first-order chi connectivity index (χ1) is 6.50. The van der Waals surface area contributed by atoms with Gasteiger partial charge in [0.2, 0.25) is 0 Å². The van der Waals surface area contributed by atoms with E-state index < -0.39 is 11.6 Å². The summed E-state index contributed by atoms with van der Waals surface area (Å²) in [5.74, 6) is -0.905. The van der Waals surface area contributed by atoms with Gasteiger partial charge in [-0.05, 0) is 26.2 Å². The Hall–Kier alpha value is -0.610. The minimum atomic E-state index is -0.992. The lowest BCUT2D eigenvalue weighted by molar-refractivity contribution is -0.142.